The van der Waals surface area contributed by atoms with Gasteiger partial charge in [0.15, 0.2) is 0 Å². The summed E-state index contributed by atoms with van der Waals surface area (Å²) in [4.78, 5) is 15.2. The van der Waals surface area contributed by atoms with E-state index in [4.69, 9.17) is 0 Å². The third-order valence-electron chi connectivity index (χ3n) is 3.74. The molecule has 2 unspecified atom stereocenters. The molecule has 1 heterocycles. The molecule has 0 aromatic carbocycles. The molecule has 0 spiro atoms. The Kier molecular flexibility index (Phi) is 2.24. The molecule has 2 atom stereocenters. The van der Waals surface area contributed by atoms with E-state index in [-0.39, 0.29) is 16.7 Å². The molecule has 1 aliphatic heterocycles. The van der Waals surface area contributed by atoms with E-state index in [9.17, 15) is 10.1 Å². The molecule has 2 aliphatic carbocycles. The molecule has 0 bridgehead atoms. The Labute approximate surface area is 99.6 Å². The molecule has 0 aromatic rings. The second-order valence-corrected chi connectivity index (χ2v) is 4.91. The highest BCUT2D eigenvalue weighted by atomic mass is 16.6. The second-order valence-electron chi connectivity index (χ2n) is 4.91. The number of nitrogens with zero attached hydrogens (tertiary/aromatic N) is 2. The summed E-state index contributed by atoms with van der Waals surface area (Å²) in [6.45, 7) is 2.08. The largest absolute Gasteiger partial charge is 0.289 e. The lowest BCUT2D eigenvalue weighted by atomic mass is 9.81. The summed E-state index contributed by atoms with van der Waals surface area (Å²) in [7, 11) is 0. The third kappa shape index (κ3) is 1.55. The number of nitro groups is 1. The number of rotatable bonds is 1. The molecule has 0 saturated carbocycles. The lowest BCUT2D eigenvalue weighted by molar-refractivity contribution is -0.419. The van der Waals surface area contributed by atoms with Gasteiger partial charge >= 0.3 is 0 Å². The summed E-state index contributed by atoms with van der Waals surface area (Å²) < 4.78 is 0. The zero-order valence-corrected chi connectivity index (χ0v) is 9.72. The van der Waals surface area contributed by atoms with Crippen molar-refractivity contribution in [2.24, 2.45) is 10.9 Å². The normalized spacial score (nSPS) is 30.6. The number of allylic oxidation sites excluding steroid dienone is 5. The average Bonchev–Trinajstić information content (AvgIpc) is 2.57. The summed E-state index contributed by atoms with van der Waals surface area (Å²) in [5.41, 5.74) is 3.19. The van der Waals surface area contributed by atoms with Gasteiger partial charge in [-0.25, -0.2) is 0 Å². The maximum atomic E-state index is 11.1. The van der Waals surface area contributed by atoms with Gasteiger partial charge < -0.3 is 0 Å². The van der Waals surface area contributed by atoms with E-state index in [1.807, 2.05) is 0 Å². The Morgan fingerprint density at radius 2 is 2.35 bits per heavy atom. The Morgan fingerprint density at radius 3 is 3.12 bits per heavy atom. The van der Waals surface area contributed by atoms with Crippen molar-refractivity contribution in [1.82, 2.24) is 0 Å². The van der Waals surface area contributed by atoms with Crippen LogP contribution in [0.25, 0.3) is 0 Å². The first-order valence-corrected chi connectivity index (χ1v) is 6.01. The predicted molar refractivity (Wildman–Crippen MR) is 65.5 cm³/mol. The average molecular weight is 230 g/mol. The van der Waals surface area contributed by atoms with Crippen LogP contribution in [0.15, 0.2) is 39.6 Å². The van der Waals surface area contributed by atoms with Gasteiger partial charge in [0.05, 0.1) is 10.5 Å². The Hall–Kier alpha value is -1.71. The zero-order valence-electron chi connectivity index (χ0n) is 9.72. The van der Waals surface area contributed by atoms with E-state index in [1.54, 1.807) is 12.3 Å². The quantitative estimate of drug-likeness (QED) is 0.513. The van der Waals surface area contributed by atoms with Crippen molar-refractivity contribution in [1.29, 1.82) is 0 Å². The van der Waals surface area contributed by atoms with Crippen molar-refractivity contribution in [3.05, 3.63) is 44.7 Å². The molecule has 4 heteroatoms. The molecule has 3 rings (SSSR count). The summed E-state index contributed by atoms with van der Waals surface area (Å²) in [6.07, 6.45) is 8.65. The van der Waals surface area contributed by atoms with Crippen LogP contribution in [-0.2, 0) is 0 Å². The molecule has 0 amide bonds. The number of hydrogen-bond acceptors (Lipinski definition) is 3. The summed E-state index contributed by atoms with van der Waals surface area (Å²) >= 11 is 0. The van der Waals surface area contributed by atoms with Crippen LogP contribution >= 0.6 is 0 Å². The molecular weight excluding hydrogens is 216 g/mol. The van der Waals surface area contributed by atoms with Gasteiger partial charge in [-0.15, -0.1) is 0 Å². The Balaban J connectivity index is 2.15. The van der Waals surface area contributed by atoms with Crippen molar-refractivity contribution in [3.63, 3.8) is 0 Å². The monoisotopic (exact) mass is 230 g/mol. The smallest absolute Gasteiger partial charge is 0.279 e. The van der Waals surface area contributed by atoms with Crippen LogP contribution in [0.4, 0.5) is 0 Å². The topological polar surface area (TPSA) is 55.5 Å². The Morgan fingerprint density at radius 1 is 1.53 bits per heavy atom. The maximum absolute atomic E-state index is 11.1. The van der Waals surface area contributed by atoms with Crippen molar-refractivity contribution in [2.45, 2.75) is 32.2 Å². The van der Waals surface area contributed by atoms with E-state index in [0.29, 0.717) is 5.92 Å². The molecule has 17 heavy (non-hydrogen) atoms. The number of hydrogen-bond donors (Lipinski definition) is 0. The van der Waals surface area contributed by atoms with Gasteiger partial charge in [0.2, 0.25) is 0 Å². The van der Waals surface area contributed by atoms with E-state index < -0.39 is 0 Å². The predicted octanol–water partition coefficient (Wildman–Crippen LogP) is 2.66. The highest BCUT2D eigenvalue weighted by molar-refractivity contribution is 5.90. The fourth-order valence-corrected chi connectivity index (χ4v) is 3.00. The molecule has 0 aromatic heterocycles. The fourth-order valence-electron chi connectivity index (χ4n) is 3.00. The minimum Gasteiger partial charge on any atom is -0.289 e. The lowest BCUT2D eigenvalue weighted by Gasteiger charge is -2.23. The van der Waals surface area contributed by atoms with Crippen LogP contribution in [0, 0.1) is 16.0 Å². The van der Waals surface area contributed by atoms with Gasteiger partial charge in [-0.1, -0.05) is 6.08 Å². The Bertz CT molecular complexity index is 512. The van der Waals surface area contributed by atoms with Crippen molar-refractivity contribution in [2.75, 3.05) is 0 Å². The van der Waals surface area contributed by atoms with Gasteiger partial charge in [-0.3, -0.25) is 15.1 Å². The second kappa shape index (κ2) is 3.65. The fraction of sp³-hybridized carbons (Fsp3) is 0.462. The van der Waals surface area contributed by atoms with Crippen LogP contribution in [0.5, 0.6) is 0 Å². The van der Waals surface area contributed by atoms with E-state index in [1.165, 1.54) is 0 Å². The summed E-state index contributed by atoms with van der Waals surface area (Å²) in [5.74, 6) is 0.441. The van der Waals surface area contributed by atoms with Gasteiger partial charge in [0, 0.05) is 18.3 Å². The molecule has 88 valence electrons. The van der Waals surface area contributed by atoms with Crippen LogP contribution in [-0.4, -0.2) is 17.2 Å². The molecule has 0 saturated heterocycles. The van der Waals surface area contributed by atoms with Crippen molar-refractivity contribution < 1.29 is 4.92 Å². The summed E-state index contributed by atoms with van der Waals surface area (Å²) in [6, 6.07) is 0.262. The SMILES string of the molecule is CC1CC2CCC=C3C=C([N+](=O)[O-])C(=C32)C=N1. The minimum absolute atomic E-state index is 0.219. The lowest BCUT2D eigenvalue weighted by Crippen LogP contribution is -2.13. The van der Waals surface area contributed by atoms with Gasteiger partial charge in [-0.05, 0) is 43.3 Å². The first-order valence-electron chi connectivity index (χ1n) is 6.01. The first-order chi connectivity index (χ1) is 8.16. The highest BCUT2D eigenvalue weighted by Gasteiger charge is 2.36. The summed E-state index contributed by atoms with van der Waals surface area (Å²) in [5, 5.41) is 11.1. The number of aliphatic imine (C=N–C) groups is 1. The first kappa shape index (κ1) is 10.4. The van der Waals surface area contributed by atoms with E-state index >= 15 is 0 Å². The zero-order chi connectivity index (χ0) is 12.0. The highest BCUT2D eigenvalue weighted by Crippen LogP contribution is 2.43. The van der Waals surface area contributed by atoms with E-state index in [2.05, 4.69) is 18.0 Å². The molecule has 0 radical (unpaired) electrons. The van der Waals surface area contributed by atoms with Crippen LogP contribution in [0.3, 0.4) is 0 Å². The van der Waals surface area contributed by atoms with Crippen molar-refractivity contribution in [3.8, 4) is 0 Å². The van der Waals surface area contributed by atoms with Gasteiger partial charge in [-0.2, -0.15) is 0 Å². The standard InChI is InChI=1S/C13H14N2O2/c1-8-5-9-3-2-4-10-6-12(15(16)17)11(7-14-8)13(9)10/h4,6-9H,2-3,5H2,1H3. The molecule has 0 fully saturated rings. The molecular formula is C13H14N2O2. The minimum atomic E-state index is -0.291. The van der Waals surface area contributed by atoms with Crippen molar-refractivity contribution >= 4 is 6.21 Å². The molecule has 4 nitrogen and oxygen atoms in total. The van der Waals surface area contributed by atoms with E-state index in [0.717, 1.165) is 36.0 Å². The van der Waals surface area contributed by atoms with Crippen LogP contribution in [0.1, 0.15) is 26.2 Å². The van der Waals surface area contributed by atoms with Gasteiger partial charge in [0.1, 0.15) is 0 Å². The van der Waals surface area contributed by atoms with Gasteiger partial charge in [0.25, 0.3) is 5.70 Å². The molecule has 3 aliphatic rings. The maximum Gasteiger partial charge on any atom is 0.279 e. The third-order valence-corrected chi connectivity index (χ3v) is 3.74. The molecule has 0 N–H and O–H groups in total. The van der Waals surface area contributed by atoms with Crippen LogP contribution in [0.2, 0.25) is 0 Å². The van der Waals surface area contributed by atoms with Crippen LogP contribution < -0.4 is 0 Å².